The summed E-state index contributed by atoms with van der Waals surface area (Å²) in [7, 11) is -3.46. The fourth-order valence-electron chi connectivity index (χ4n) is 3.27. The molecule has 126 valence electrons. The fourth-order valence-corrected chi connectivity index (χ4v) is 5.80. The van der Waals surface area contributed by atoms with Crippen molar-refractivity contribution in [1.29, 1.82) is 0 Å². The van der Waals surface area contributed by atoms with E-state index in [-0.39, 0.29) is 16.8 Å². The van der Waals surface area contributed by atoms with E-state index in [1.54, 1.807) is 12.1 Å². The summed E-state index contributed by atoms with van der Waals surface area (Å²) >= 11 is 5.14. The third kappa shape index (κ3) is 2.98. The lowest BCUT2D eigenvalue weighted by Crippen LogP contribution is -2.17. The van der Waals surface area contributed by atoms with Crippen molar-refractivity contribution in [3.8, 4) is 0 Å². The van der Waals surface area contributed by atoms with Crippen LogP contribution in [0.4, 0.5) is 0 Å². The van der Waals surface area contributed by atoms with Gasteiger partial charge in [-0.1, -0.05) is 61.1 Å². The fraction of sp³-hybridized carbons (Fsp3) is 0.316. The third-order valence-electron chi connectivity index (χ3n) is 4.76. The zero-order valence-electron chi connectivity index (χ0n) is 13.8. The average Bonchev–Trinajstić information content (AvgIpc) is 3.32. The maximum atomic E-state index is 13.0. The van der Waals surface area contributed by atoms with Crippen molar-refractivity contribution >= 4 is 27.0 Å². The molecule has 5 heteroatoms. The van der Waals surface area contributed by atoms with Gasteiger partial charge in [-0.05, 0) is 36.6 Å². The van der Waals surface area contributed by atoms with E-state index in [0.29, 0.717) is 4.90 Å². The smallest absolute Gasteiger partial charge is 0.182 e. The quantitative estimate of drug-likeness (QED) is 0.831. The Balaban J connectivity index is 1.96. The molecule has 0 bridgehead atoms. The highest BCUT2D eigenvalue weighted by Gasteiger charge is 2.60. The molecule has 2 N–H and O–H groups in total. The molecule has 1 aliphatic rings. The lowest BCUT2D eigenvalue weighted by atomic mass is 10.1. The molecule has 0 spiro atoms. The highest BCUT2D eigenvalue weighted by Crippen LogP contribution is 2.54. The van der Waals surface area contributed by atoms with Crippen LogP contribution >= 0.6 is 12.2 Å². The van der Waals surface area contributed by atoms with Gasteiger partial charge in [0.1, 0.15) is 0 Å². The van der Waals surface area contributed by atoms with Crippen molar-refractivity contribution in [2.75, 3.05) is 0 Å². The number of thiocarbonyl (C=S) groups is 1. The largest absolute Gasteiger partial charge is 0.393 e. The van der Waals surface area contributed by atoms with Crippen LogP contribution in [0.25, 0.3) is 0 Å². The summed E-state index contributed by atoms with van der Waals surface area (Å²) in [6, 6.07) is 15.0. The summed E-state index contributed by atoms with van der Waals surface area (Å²) in [5.41, 5.74) is 9.09. The van der Waals surface area contributed by atoms with Gasteiger partial charge in [-0.25, -0.2) is 8.42 Å². The number of aryl methyl sites for hydroxylation is 2. The second-order valence-electron chi connectivity index (χ2n) is 6.37. The predicted molar refractivity (Wildman–Crippen MR) is 101 cm³/mol. The zero-order chi connectivity index (χ0) is 17.5. The average molecular weight is 360 g/mol. The summed E-state index contributed by atoms with van der Waals surface area (Å²) in [6.07, 6.45) is 0.953. The van der Waals surface area contributed by atoms with Crippen LogP contribution < -0.4 is 5.73 Å². The second-order valence-corrected chi connectivity index (χ2v) is 8.95. The SMILES string of the molecule is CCc1ccc([C@@H]2[C@@H](C(N)=S)[C@H]2S(=O)(=O)c2ccc(C)cc2)cc1. The Labute approximate surface area is 148 Å². The summed E-state index contributed by atoms with van der Waals surface area (Å²) in [5.74, 6) is -0.446. The van der Waals surface area contributed by atoms with Crippen LogP contribution in [0.2, 0.25) is 0 Å². The molecule has 24 heavy (non-hydrogen) atoms. The van der Waals surface area contributed by atoms with Crippen LogP contribution in [0.15, 0.2) is 53.4 Å². The standard InChI is InChI=1S/C19H21NO2S2/c1-3-13-6-8-14(9-7-13)16-17(19(20)23)18(16)24(21,22)15-10-4-12(2)5-11-15/h4-11,16-18H,3H2,1-2H3,(H2,20,23)/t16-,17-,18+/m1/s1. The molecule has 0 radical (unpaired) electrons. The number of hydrogen-bond acceptors (Lipinski definition) is 3. The molecule has 0 saturated heterocycles. The Morgan fingerprint density at radius 3 is 2.17 bits per heavy atom. The number of hydrogen-bond donors (Lipinski definition) is 1. The lowest BCUT2D eigenvalue weighted by molar-refractivity contribution is 0.593. The molecule has 1 aliphatic carbocycles. The molecule has 3 nitrogen and oxygen atoms in total. The monoisotopic (exact) mass is 359 g/mol. The molecule has 0 aromatic heterocycles. The highest BCUT2D eigenvalue weighted by molar-refractivity contribution is 7.92. The number of rotatable bonds is 5. The first-order valence-electron chi connectivity index (χ1n) is 8.05. The third-order valence-corrected chi connectivity index (χ3v) is 7.27. The van der Waals surface area contributed by atoms with Gasteiger partial charge < -0.3 is 5.73 Å². The van der Waals surface area contributed by atoms with E-state index < -0.39 is 15.1 Å². The summed E-state index contributed by atoms with van der Waals surface area (Å²) in [4.78, 5) is 0.618. The van der Waals surface area contributed by atoms with Crippen LogP contribution in [0.1, 0.15) is 29.5 Å². The van der Waals surface area contributed by atoms with Gasteiger partial charge in [-0.15, -0.1) is 0 Å². The Morgan fingerprint density at radius 1 is 1.08 bits per heavy atom. The van der Waals surface area contributed by atoms with Gasteiger partial charge >= 0.3 is 0 Å². The Morgan fingerprint density at radius 2 is 1.67 bits per heavy atom. The molecule has 3 rings (SSSR count). The number of nitrogens with two attached hydrogens (primary N) is 1. The van der Waals surface area contributed by atoms with Crippen LogP contribution in [0.3, 0.4) is 0 Å². The van der Waals surface area contributed by atoms with Gasteiger partial charge in [0.05, 0.1) is 15.1 Å². The van der Waals surface area contributed by atoms with Gasteiger partial charge in [0.25, 0.3) is 0 Å². The highest BCUT2D eigenvalue weighted by atomic mass is 32.2. The van der Waals surface area contributed by atoms with Crippen LogP contribution in [-0.2, 0) is 16.3 Å². The van der Waals surface area contributed by atoms with E-state index >= 15 is 0 Å². The molecular formula is C19H21NO2S2. The molecule has 0 amide bonds. The van der Waals surface area contributed by atoms with E-state index in [4.69, 9.17) is 18.0 Å². The lowest BCUT2D eigenvalue weighted by Gasteiger charge is -2.05. The molecule has 3 atom stereocenters. The predicted octanol–water partition coefficient (Wildman–Crippen LogP) is 3.40. The van der Waals surface area contributed by atoms with Gasteiger partial charge in [0, 0.05) is 11.8 Å². The summed E-state index contributed by atoms with van der Waals surface area (Å²) in [5, 5.41) is -0.565. The van der Waals surface area contributed by atoms with Crippen molar-refractivity contribution < 1.29 is 8.42 Å². The summed E-state index contributed by atoms with van der Waals surface area (Å²) < 4.78 is 26.0. The molecule has 2 aromatic carbocycles. The van der Waals surface area contributed by atoms with E-state index in [1.165, 1.54) is 5.56 Å². The minimum absolute atomic E-state index is 0.153. The van der Waals surface area contributed by atoms with Crippen molar-refractivity contribution in [3.63, 3.8) is 0 Å². The molecule has 0 unspecified atom stereocenters. The molecule has 0 heterocycles. The van der Waals surface area contributed by atoms with Crippen LogP contribution in [0, 0.1) is 12.8 Å². The topological polar surface area (TPSA) is 60.2 Å². The van der Waals surface area contributed by atoms with Gasteiger partial charge in [0.2, 0.25) is 0 Å². The molecule has 1 saturated carbocycles. The maximum absolute atomic E-state index is 13.0. The molecule has 1 fully saturated rings. The van der Waals surface area contributed by atoms with Gasteiger partial charge in [-0.3, -0.25) is 0 Å². The van der Waals surface area contributed by atoms with Crippen LogP contribution in [-0.4, -0.2) is 18.7 Å². The van der Waals surface area contributed by atoms with Crippen molar-refractivity contribution in [2.45, 2.75) is 36.3 Å². The van der Waals surface area contributed by atoms with Crippen molar-refractivity contribution in [1.82, 2.24) is 0 Å². The first kappa shape index (κ1) is 17.1. The van der Waals surface area contributed by atoms with E-state index in [2.05, 4.69) is 6.92 Å². The number of sulfone groups is 1. The van der Waals surface area contributed by atoms with Crippen molar-refractivity contribution in [3.05, 3.63) is 65.2 Å². The van der Waals surface area contributed by atoms with Gasteiger partial charge in [0.15, 0.2) is 9.84 Å². The summed E-state index contributed by atoms with van der Waals surface area (Å²) in [6.45, 7) is 4.03. The minimum atomic E-state index is -3.46. The van der Waals surface area contributed by atoms with Crippen LogP contribution in [0.5, 0.6) is 0 Å². The molecule has 0 aliphatic heterocycles. The number of benzene rings is 2. The molecule has 2 aromatic rings. The van der Waals surface area contributed by atoms with E-state index in [0.717, 1.165) is 17.5 Å². The zero-order valence-corrected chi connectivity index (χ0v) is 15.4. The Kier molecular flexibility index (Phi) is 4.49. The second kappa shape index (κ2) is 6.30. The minimum Gasteiger partial charge on any atom is -0.393 e. The van der Waals surface area contributed by atoms with E-state index in [1.807, 2.05) is 43.3 Å². The van der Waals surface area contributed by atoms with E-state index in [9.17, 15) is 8.42 Å². The van der Waals surface area contributed by atoms with Gasteiger partial charge in [-0.2, -0.15) is 0 Å². The first-order valence-corrected chi connectivity index (χ1v) is 10.0. The maximum Gasteiger partial charge on any atom is 0.182 e. The molecular weight excluding hydrogens is 338 g/mol. The normalized spacial score (nSPS) is 23.0. The first-order chi connectivity index (χ1) is 11.4. The Hall–Kier alpha value is -1.72. The van der Waals surface area contributed by atoms with Crippen molar-refractivity contribution in [2.24, 2.45) is 11.7 Å². The Bertz CT molecular complexity index is 855.